The molecule has 8 atom stereocenters. The minimum Gasteiger partial charge on any atom is -0.378 e. The van der Waals surface area contributed by atoms with E-state index in [0.29, 0.717) is 28.9 Å². The summed E-state index contributed by atoms with van der Waals surface area (Å²) in [5.74, 6) is 3.52. The predicted octanol–water partition coefficient (Wildman–Crippen LogP) is 4.89. The normalized spacial score (nSPS) is 51.0. The van der Waals surface area contributed by atoms with E-state index in [1.165, 1.54) is 32.1 Å². The molecule has 0 aromatic heterocycles. The molecule has 4 fully saturated rings. The fourth-order valence-electron chi connectivity index (χ4n) is 7.87. The summed E-state index contributed by atoms with van der Waals surface area (Å²) < 4.78 is 6.23. The molecule has 1 unspecified atom stereocenters. The molecule has 4 rings (SSSR count). The van der Waals surface area contributed by atoms with E-state index in [4.69, 9.17) is 4.74 Å². The van der Waals surface area contributed by atoms with Crippen LogP contribution in [-0.2, 0) is 9.53 Å². The fourth-order valence-corrected chi connectivity index (χ4v) is 7.87. The van der Waals surface area contributed by atoms with Gasteiger partial charge in [-0.05, 0) is 79.4 Å². The number of rotatable bonds is 3. The zero-order valence-corrected chi connectivity index (χ0v) is 17.6. The van der Waals surface area contributed by atoms with Crippen LogP contribution in [0, 0.1) is 34.5 Å². The predicted molar refractivity (Wildman–Crippen MR) is 105 cm³/mol. The molecule has 3 nitrogen and oxygen atoms in total. The van der Waals surface area contributed by atoms with Gasteiger partial charge in [0.25, 0.3) is 0 Å². The molecular weight excluding hydrogens is 322 g/mol. The van der Waals surface area contributed by atoms with E-state index >= 15 is 0 Å². The van der Waals surface area contributed by atoms with Crippen LogP contribution in [0.1, 0.15) is 79.1 Å². The van der Waals surface area contributed by atoms with Gasteiger partial charge in [0, 0.05) is 26.1 Å². The van der Waals surface area contributed by atoms with Gasteiger partial charge in [-0.15, -0.1) is 0 Å². The molecule has 0 aromatic rings. The summed E-state index contributed by atoms with van der Waals surface area (Å²) in [5.41, 5.74) is 0.803. The Balaban J connectivity index is 1.61. The Kier molecular flexibility index (Phi) is 4.69. The summed E-state index contributed by atoms with van der Waals surface area (Å²) in [5, 5.41) is 0. The summed E-state index contributed by atoms with van der Waals surface area (Å²) in [7, 11) is 2.06. The molecule has 0 N–H and O–H groups in total. The summed E-state index contributed by atoms with van der Waals surface area (Å²) in [4.78, 5) is 14.5. The molecule has 148 valence electrons. The third-order valence-electron chi connectivity index (χ3n) is 9.22. The zero-order chi connectivity index (χ0) is 18.7. The van der Waals surface area contributed by atoms with Crippen LogP contribution >= 0.6 is 0 Å². The number of amides is 1. The Bertz CT molecular complexity index is 562. The highest BCUT2D eigenvalue weighted by Crippen LogP contribution is 2.66. The van der Waals surface area contributed by atoms with Crippen molar-refractivity contribution in [2.45, 2.75) is 91.2 Å². The minimum atomic E-state index is 0.323. The molecule has 26 heavy (non-hydrogen) atoms. The SMILES string of the molecule is CCCO[C@@H]1C[C@H]2C3[C@@H](C)C[C@H]4N(C)C(=O)CC[C@]4(C)[C@H]3CC[C@]2(C)C1. The monoisotopic (exact) mass is 361 g/mol. The van der Waals surface area contributed by atoms with E-state index < -0.39 is 0 Å². The maximum atomic E-state index is 12.3. The summed E-state index contributed by atoms with van der Waals surface area (Å²) >= 11 is 0. The highest BCUT2D eigenvalue weighted by atomic mass is 16.5. The topological polar surface area (TPSA) is 29.5 Å². The average Bonchev–Trinajstić information content (AvgIpc) is 2.95. The van der Waals surface area contributed by atoms with Crippen molar-refractivity contribution in [3.63, 3.8) is 0 Å². The van der Waals surface area contributed by atoms with E-state index in [-0.39, 0.29) is 0 Å². The lowest BCUT2D eigenvalue weighted by molar-refractivity contribution is -0.164. The Hall–Kier alpha value is -0.570. The standard InChI is InChI=1S/C23H39NO2/c1-6-11-26-16-13-18-21-15(2)12-19-23(4,10-8-20(25)24(19)5)17(21)7-9-22(18,3)14-16/h15-19,21H,6-14H2,1-5H3/t15-,16+,17-,18-,19+,21?,22+,23+/m0/s1. The molecule has 1 heterocycles. The van der Waals surface area contributed by atoms with Crippen molar-refractivity contribution in [1.29, 1.82) is 0 Å². The van der Waals surface area contributed by atoms with E-state index in [9.17, 15) is 4.79 Å². The van der Waals surface area contributed by atoms with Crippen LogP contribution in [0.5, 0.6) is 0 Å². The maximum absolute atomic E-state index is 12.3. The highest BCUT2D eigenvalue weighted by Gasteiger charge is 2.62. The molecule has 1 amide bonds. The first-order valence-corrected chi connectivity index (χ1v) is 11.2. The second-order valence-corrected chi connectivity index (χ2v) is 10.7. The number of likely N-dealkylation sites (tertiary alicyclic amines) is 1. The van der Waals surface area contributed by atoms with Crippen molar-refractivity contribution in [2.24, 2.45) is 34.5 Å². The molecule has 0 aromatic carbocycles. The first-order chi connectivity index (χ1) is 12.3. The van der Waals surface area contributed by atoms with Gasteiger partial charge < -0.3 is 9.64 Å². The first-order valence-electron chi connectivity index (χ1n) is 11.2. The van der Waals surface area contributed by atoms with Gasteiger partial charge in [-0.1, -0.05) is 27.7 Å². The molecule has 4 aliphatic rings. The lowest BCUT2D eigenvalue weighted by Gasteiger charge is -2.63. The average molecular weight is 362 g/mol. The van der Waals surface area contributed by atoms with Gasteiger partial charge in [0.15, 0.2) is 0 Å². The number of hydrogen-bond donors (Lipinski definition) is 0. The van der Waals surface area contributed by atoms with Crippen LogP contribution < -0.4 is 0 Å². The Morgan fingerprint density at radius 3 is 2.69 bits per heavy atom. The van der Waals surface area contributed by atoms with Crippen LogP contribution in [0.2, 0.25) is 0 Å². The van der Waals surface area contributed by atoms with Gasteiger partial charge in [0.2, 0.25) is 5.91 Å². The molecule has 1 saturated heterocycles. The number of fused-ring (bicyclic) bond motifs is 5. The lowest BCUT2D eigenvalue weighted by atomic mass is 9.45. The molecule has 0 spiro atoms. The largest absolute Gasteiger partial charge is 0.378 e. The summed E-state index contributed by atoms with van der Waals surface area (Å²) in [6.07, 6.45) is 9.93. The van der Waals surface area contributed by atoms with Crippen molar-refractivity contribution in [3.05, 3.63) is 0 Å². The minimum absolute atomic E-state index is 0.323. The zero-order valence-electron chi connectivity index (χ0n) is 17.6. The number of hydrogen-bond acceptors (Lipinski definition) is 2. The van der Waals surface area contributed by atoms with Gasteiger partial charge in [-0.25, -0.2) is 0 Å². The quantitative estimate of drug-likeness (QED) is 0.716. The Labute approximate surface area is 160 Å². The van der Waals surface area contributed by atoms with E-state index in [1.807, 2.05) is 0 Å². The summed E-state index contributed by atoms with van der Waals surface area (Å²) in [6, 6.07) is 0.456. The number of ether oxygens (including phenoxy) is 1. The van der Waals surface area contributed by atoms with Crippen LogP contribution in [0.3, 0.4) is 0 Å². The van der Waals surface area contributed by atoms with Gasteiger partial charge in [-0.3, -0.25) is 4.79 Å². The van der Waals surface area contributed by atoms with Crippen molar-refractivity contribution >= 4 is 5.91 Å². The third kappa shape index (κ3) is 2.67. The molecular formula is C23H39NO2. The van der Waals surface area contributed by atoms with Crippen molar-refractivity contribution in [3.8, 4) is 0 Å². The molecule has 1 aliphatic heterocycles. The van der Waals surface area contributed by atoms with E-state index in [2.05, 4.69) is 39.6 Å². The highest BCUT2D eigenvalue weighted by molar-refractivity contribution is 5.77. The number of carbonyl (C=O) groups is 1. The maximum Gasteiger partial charge on any atom is 0.222 e. The third-order valence-corrected chi connectivity index (χ3v) is 9.22. The Morgan fingerprint density at radius 1 is 1.19 bits per heavy atom. The van der Waals surface area contributed by atoms with Crippen molar-refractivity contribution in [1.82, 2.24) is 4.90 Å². The second-order valence-electron chi connectivity index (χ2n) is 10.7. The smallest absolute Gasteiger partial charge is 0.222 e. The van der Waals surface area contributed by atoms with E-state index in [1.54, 1.807) is 0 Å². The molecule has 3 saturated carbocycles. The van der Waals surface area contributed by atoms with E-state index in [0.717, 1.165) is 49.5 Å². The van der Waals surface area contributed by atoms with Gasteiger partial charge in [-0.2, -0.15) is 0 Å². The van der Waals surface area contributed by atoms with Gasteiger partial charge in [0.05, 0.1) is 6.10 Å². The van der Waals surface area contributed by atoms with Gasteiger partial charge in [0.1, 0.15) is 0 Å². The number of nitrogens with zero attached hydrogens (tertiary/aromatic N) is 1. The van der Waals surface area contributed by atoms with Gasteiger partial charge >= 0.3 is 0 Å². The van der Waals surface area contributed by atoms with Crippen molar-refractivity contribution in [2.75, 3.05) is 13.7 Å². The summed E-state index contributed by atoms with van der Waals surface area (Å²) in [6.45, 7) is 10.7. The number of carbonyl (C=O) groups excluding carboxylic acids is 1. The Morgan fingerprint density at radius 2 is 1.96 bits per heavy atom. The van der Waals surface area contributed by atoms with Crippen LogP contribution in [-0.4, -0.2) is 36.6 Å². The van der Waals surface area contributed by atoms with Crippen molar-refractivity contribution < 1.29 is 9.53 Å². The second kappa shape index (κ2) is 6.50. The molecule has 3 aliphatic carbocycles. The molecule has 3 heteroatoms. The number of piperidine rings is 1. The van der Waals surface area contributed by atoms with Crippen LogP contribution in [0.4, 0.5) is 0 Å². The lowest BCUT2D eigenvalue weighted by Crippen LogP contribution is -2.62. The molecule has 0 radical (unpaired) electrons. The first kappa shape index (κ1) is 18.8. The van der Waals surface area contributed by atoms with Crippen LogP contribution in [0.25, 0.3) is 0 Å². The fraction of sp³-hybridized carbons (Fsp3) is 0.957. The van der Waals surface area contributed by atoms with Crippen LogP contribution in [0.15, 0.2) is 0 Å². The molecule has 0 bridgehead atoms.